The third kappa shape index (κ3) is 4.77. The number of ether oxygens (including phenoxy) is 1. The molecular formula is C12H15FO3. The van der Waals surface area contributed by atoms with Crippen molar-refractivity contribution in [3.8, 4) is 5.75 Å². The zero-order chi connectivity index (χ0) is 12.0. The van der Waals surface area contributed by atoms with E-state index in [9.17, 15) is 9.18 Å². The molecule has 0 spiro atoms. The summed E-state index contributed by atoms with van der Waals surface area (Å²) in [5.74, 6) is -0.329. The summed E-state index contributed by atoms with van der Waals surface area (Å²) in [6, 6.07) is 5.77. The molecule has 1 atom stereocenters. The van der Waals surface area contributed by atoms with Gasteiger partial charge in [0.15, 0.2) is 0 Å². The van der Waals surface area contributed by atoms with E-state index in [1.807, 2.05) is 6.92 Å². The van der Waals surface area contributed by atoms with Crippen molar-refractivity contribution in [2.45, 2.75) is 19.8 Å². The van der Waals surface area contributed by atoms with E-state index in [-0.39, 0.29) is 18.2 Å². The van der Waals surface area contributed by atoms with Gasteiger partial charge >= 0.3 is 5.97 Å². The summed E-state index contributed by atoms with van der Waals surface area (Å²) in [6.45, 7) is 2.37. The van der Waals surface area contributed by atoms with Gasteiger partial charge in [0.25, 0.3) is 0 Å². The van der Waals surface area contributed by atoms with Crippen LogP contribution in [-0.4, -0.2) is 17.7 Å². The largest absolute Gasteiger partial charge is 0.493 e. The van der Waals surface area contributed by atoms with Gasteiger partial charge in [-0.15, -0.1) is 0 Å². The minimum absolute atomic E-state index is 0.147. The summed E-state index contributed by atoms with van der Waals surface area (Å²) >= 11 is 0. The molecule has 0 fully saturated rings. The fourth-order valence-corrected chi connectivity index (χ4v) is 1.22. The van der Waals surface area contributed by atoms with Crippen molar-refractivity contribution in [2.75, 3.05) is 6.61 Å². The monoisotopic (exact) mass is 226 g/mol. The number of benzene rings is 1. The molecule has 0 aromatic heterocycles. The molecule has 88 valence electrons. The van der Waals surface area contributed by atoms with E-state index in [0.717, 1.165) is 0 Å². The molecule has 0 bridgehead atoms. The predicted octanol–water partition coefficient (Wildman–Crippen LogP) is 2.71. The van der Waals surface area contributed by atoms with Crippen molar-refractivity contribution in [3.05, 3.63) is 30.1 Å². The first-order valence-corrected chi connectivity index (χ1v) is 5.18. The molecule has 16 heavy (non-hydrogen) atoms. The number of hydrogen-bond acceptors (Lipinski definition) is 2. The lowest BCUT2D eigenvalue weighted by Crippen LogP contribution is -2.10. The summed E-state index contributed by atoms with van der Waals surface area (Å²) in [4.78, 5) is 10.3. The van der Waals surface area contributed by atoms with Gasteiger partial charge in [-0.25, -0.2) is 4.39 Å². The van der Waals surface area contributed by atoms with Gasteiger partial charge in [0.1, 0.15) is 11.6 Å². The summed E-state index contributed by atoms with van der Waals surface area (Å²) in [6.07, 6.45) is 0.727. The Morgan fingerprint density at radius 3 is 2.62 bits per heavy atom. The average molecular weight is 226 g/mol. The number of rotatable bonds is 6. The highest BCUT2D eigenvalue weighted by atomic mass is 19.1. The Bertz CT molecular complexity index is 335. The van der Waals surface area contributed by atoms with Gasteiger partial charge in [-0.1, -0.05) is 6.92 Å². The smallest absolute Gasteiger partial charge is 0.303 e. The van der Waals surface area contributed by atoms with Crippen LogP contribution in [0.5, 0.6) is 5.75 Å². The quantitative estimate of drug-likeness (QED) is 0.811. The van der Waals surface area contributed by atoms with Crippen molar-refractivity contribution in [1.29, 1.82) is 0 Å². The fraction of sp³-hybridized carbons (Fsp3) is 0.417. The SMILES string of the molecule is CC(CCC(=O)O)COc1ccc(F)cc1. The van der Waals surface area contributed by atoms with Gasteiger partial charge in [0, 0.05) is 6.42 Å². The van der Waals surface area contributed by atoms with E-state index in [0.29, 0.717) is 18.8 Å². The topological polar surface area (TPSA) is 46.5 Å². The van der Waals surface area contributed by atoms with Crippen LogP contribution in [0, 0.1) is 11.7 Å². The average Bonchev–Trinajstić information content (AvgIpc) is 2.25. The molecule has 1 rings (SSSR count). The number of halogens is 1. The second-order valence-electron chi connectivity index (χ2n) is 3.80. The number of carbonyl (C=O) groups is 1. The summed E-state index contributed by atoms with van der Waals surface area (Å²) in [5, 5.41) is 8.50. The van der Waals surface area contributed by atoms with Crippen molar-refractivity contribution in [3.63, 3.8) is 0 Å². The van der Waals surface area contributed by atoms with E-state index in [1.165, 1.54) is 12.1 Å². The van der Waals surface area contributed by atoms with Gasteiger partial charge in [0.05, 0.1) is 6.61 Å². The standard InChI is InChI=1S/C12H15FO3/c1-9(2-7-12(14)15)8-16-11-5-3-10(13)4-6-11/h3-6,9H,2,7-8H2,1H3,(H,14,15). The highest BCUT2D eigenvalue weighted by Crippen LogP contribution is 2.13. The third-order valence-corrected chi connectivity index (χ3v) is 2.20. The van der Waals surface area contributed by atoms with Crippen LogP contribution in [0.15, 0.2) is 24.3 Å². The van der Waals surface area contributed by atoms with Crippen molar-refractivity contribution >= 4 is 5.97 Å². The molecule has 0 aliphatic rings. The van der Waals surface area contributed by atoms with Crippen LogP contribution in [0.1, 0.15) is 19.8 Å². The van der Waals surface area contributed by atoms with Crippen LogP contribution < -0.4 is 4.74 Å². The second kappa shape index (κ2) is 6.10. The Morgan fingerprint density at radius 1 is 1.44 bits per heavy atom. The maximum absolute atomic E-state index is 12.6. The maximum Gasteiger partial charge on any atom is 0.303 e. The molecule has 1 N–H and O–H groups in total. The molecule has 1 aromatic carbocycles. The molecule has 0 heterocycles. The van der Waals surface area contributed by atoms with Crippen LogP contribution in [0.3, 0.4) is 0 Å². The Labute approximate surface area is 93.9 Å². The van der Waals surface area contributed by atoms with Crippen LogP contribution in [0.2, 0.25) is 0 Å². The highest BCUT2D eigenvalue weighted by Gasteiger charge is 2.06. The van der Waals surface area contributed by atoms with E-state index in [4.69, 9.17) is 9.84 Å². The van der Waals surface area contributed by atoms with Crippen LogP contribution in [0.25, 0.3) is 0 Å². The maximum atomic E-state index is 12.6. The summed E-state index contributed by atoms with van der Waals surface area (Å²) in [7, 11) is 0. The molecule has 0 saturated carbocycles. The number of carboxylic acids is 1. The second-order valence-corrected chi connectivity index (χ2v) is 3.80. The zero-order valence-corrected chi connectivity index (χ0v) is 9.15. The Morgan fingerprint density at radius 2 is 2.06 bits per heavy atom. The zero-order valence-electron chi connectivity index (χ0n) is 9.15. The molecule has 0 aliphatic heterocycles. The van der Waals surface area contributed by atoms with Gasteiger partial charge < -0.3 is 9.84 Å². The van der Waals surface area contributed by atoms with Crippen molar-refractivity contribution < 1.29 is 19.0 Å². The Kier molecular flexibility index (Phi) is 4.76. The normalized spacial score (nSPS) is 12.1. The van der Waals surface area contributed by atoms with Crippen LogP contribution >= 0.6 is 0 Å². The Hall–Kier alpha value is -1.58. The first-order valence-electron chi connectivity index (χ1n) is 5.18. The van der Waals surface area contributed by atoms with Crippen LogP contribution in [0.4, 0.5) is 4.39 Å². The lowest BCUT2D eigenvalue weighted by Gasteiger charge is -2.11. The Balaban J connectivity index is 2.28. The number of carboxylic acid groups (broad SMARTS) is 1. The van der Waals surface area contributed by atoms with Gasteiger partial charge in [-0.05, 0) is 36.6 Å². The minimum Gasteiger partial charge on any atom is -0.493 e. The molecular weight excluding hydrogens is 211 g/mol. The van der Waals surface area contributed by atoms with Crippen molar-refractivity contribution in [2.24, 2.45) is 5.92 Å². The molecule has 0 radical (unpaired) electrons. The van der Waals surface area contributed by atoms with Crippen molar-refractivity contribution in [1.82, 2.24) is 0 Å². The van der Waals surface area contributed by atoms with Gasteiger partial charge in [-0.2, -0.15) is 0 Å². The van der Waals surface area contributed by atoms with E-state index in [1.54, 1.807) is 12.1 Å². The molecule has 1 unspecified atom stereocenters. The first kappa shape index (κ1) is 12.5. The number of aliphatic carboxylic acids is 1. The van der Waals surface area contributed by atoms with E-state index < -0.39 is 5.97 Å². The molecule has 4 heteroatoms. The highest BCUT2D eigenvalue weighted by molar-refractivity contribution is 5.66. The molecule has 1 aromatic rings. The van der Waals surface area contributed by atoms with Gasteiger partial charge in [0.2, 0.25) is 0 Å². The lowest BCUT2D eigenvalue weighted by molar-refractivity contribution is -0.137. The fourth-order valence-electron chi connectivity index (χ4n) is 1.22. The van der Waals surface area contributed by atoms with Crippen LogP contribution in [-0.2, 0) is 4.79 Å². The first-order chi connectivity index (χ1) is 7.58. The lowest BCUT2D eigenvalue weighted by atomic mass is 10.1. The summed E-state index contributed by atoms with van der Waals surface area (Å²) in [5.41, 5.74) is 0. The van der Waals surface area contributed by atoms with Gasteiger partial charge in [-0.3, -0.25) is 4.79 Å². The third-order valence-electron chi connectivity index (χ3n) is 2.20. The van der Waals surface area contributed by atoms with E-state index in [2.05, 4.69) is 0 Å². The molecule has 0 amide bonds. The summed E-state index contributed by atoms with van der Waals surface area (Å²) < 4.78 is 18.0. The molecule has 3 nitrogen and oxygen atoms in total. The minimum atomic E-state index is -0.798. The van der Waals surface area contributed by atoms with E-state index >= 15 is 0 Å². The molecule has 0 aliphatic carbocycles. The molecule has 0 saturated heterocycles. The predicted molar refractivity (Wildman–Crippen MR) is 57.9 cm³/mol. The number of hydrogen-bond donors (Lipinski definition) is 1.